The molecule has 0 aromatic heterocycles. The molecule has 1 aromatic carbocycles. The number of ether oxygens (including phenoxy) is 1. The number of aliphatic carboxylic acids is 1. The number of nitrogens with one attached hydrogen (secondary N) is 1. The molecule has 2 atom stereocenters. The van der Waals surface area contributed by atoms with E-state index in [1.165, 1.54) is 4.90 Å². The Morgan fingerprint density at radius 2 is 1.90 bits per heavy atom. The molecule has 8 nitrogen and oxygen atoms in total. The van der Waals surface area contributed by atoms with Crippen molar-refractivity contribution in [1.29, 1.82) is 0 Å². The van der Waals surface area contributed by atoms with Gasteiger partial charge < -0.3 is 32.1 Å². The van der Waals surface area contributed by atoms with Crippen LogP contribution in [0.25, 0.3) is 0 Å². The van der Waals surface area contributed by atoms with Gasteiger partial charge >= 0.3 is 12.1 Å². The minimum atomic E-state index is -1.20. The molecule has 31 heavy (non-hydrogen) atoms. The number of carbonyl (C=O) groups is 4. The predicted octanol–water partition coefficient (Wildman–Crippen LogP) is -1.41. The van der Waals surface area contributed by atoms with Crippen LogP contribution in [0.1, 0.15) is 31.2 Å². The molecule has 0 aliphatic carbocycles. The number of amides is 2. The van der Waals surface area contributed by atoms with Crippen LogP contribution < -0.4 is 22.3 Å². The van der Waals surface area contributed by atoms with E-state index in [4.69, 9.17) is 4.74 Å². The largest absolute Gasteiger partial charge is 1.00 e. The van der Waals surface area contributed by atoms with E-state index in [9.17, 15) is 24.3 Å². The fourth-order valence-corrected chi connectivity index (χ4v) is 4.07. The lowest BCUT2D eigenvalue weighted by Crippen LogP contribution is -3.00. The minimum absolute atomic E-state index is 0. The summed E-state index contributed by atoms with van der Waals surface area (Å²) in [6.45, 7) is 0.470. The summed E-state index contributed by atoms with van der Waals surface area (Å²) in [5.74, 6) is -1.34. The van der Waals surface area contributed by atoms with E-state index in [0.29, 0.717) is 25.1 Å². The first-order valence-corrected chi connectivity index (χ1v) is 12.1. The van der Waals surface area contributed by atoms with Gasteiger partial charge in [0.15, 0.2) is 11.5 Å². The Hall–Kier alpha value is -2.07. The Labute approximate surface area is 195 Å². The summed E-state index contributed by atoms with van der Waals surface area (Å²) in [5.41, 5.74) is 0.837. The average molecular weight is 517 g/mol. The van der Waals surface area contributed by atoms with Crippen molar-refractivity contribution in [2.75, 3.05) is 24.8 Å². The highest BCUT2D eigenvalue weighted by molar-refractivity contribution is 7.96. The zero-order valence-electron chi connectivity index (χ0n) is 17.7. The van der Waals surface area contributed by atoms with Crippen molar-refractivity contribution in [3.8, 4) is 0 Å². The Morgan fingerprint density at radius 1 is 1.23 bits per heavy atom. The lowest BCUT2D eigenvalue weighted by molar-refractivity contribution is -0.142. The van der Waals surface area contributed by atoms with Gasteiger partial charge in [0.1, 0.15) is 18.7 Å². The Kier molecular flexibility index (Phi) is 11.6. The van der Waals surface area contributed by atoms with Gasteiger partial charge in [-0.25, -0.2) is 9.59 Å². The Bertz CT molecular complexity index is 761. The van der Waals surface area contributed by atoms with E-state index in [0.717, 1.165) is 5.56 Å². The number of rotatable bonds is 10. The third-order valence-corrected chi connectivity index (χ3v) is 5.67. The van der Waals surface area contributed by atoms with Gasteiger partial charge in [-0.3, -0.25) is 14.5 Å². The highest BCUT2D eigenvalue weighted by Crippen LogP contribution is 2.19. The molecule has 2 N–H and O–H groups in total. The van der Waals surface area contributed by atoms with Crippen LogP contribution in [0.5, 0.6) is 0 Å². The first-order chi connectivity index (χ1) is 14.3. The molecule has 172 valence electrons. The first kappa shape index (κ1) is 27.0. The molecule has 0 spiro atoms. The molecule has 1 aliphatic rings. The summed E-state index contributed by atoms with van der Waals surface area (Å²) in [6.07, 6.45) is 4.48. The van der Waals surface area contributed by atoms with E-state index in [1.807, 2.05) is 42.8 Å². The van der Waals surface area contributed by atoms with Gasteiger partial charge in [-0.1, -0.05) is 30.3 Å². The van der Waals surface area contributed by atoms with Crippen LogP contribution in [0.4, 0.5) is 4.79 Å². The number of Topliss-reactive ketones (excluding diaryl/α,β-unsaturated/α-hetero) is 1. The number of likely N-dealkylation sites (tertiary alicyclic amines) is 1. The smallest absolute Gasteiger partial charge is 0.410 e. The standard InChI is InChI=1S/C21H28N2O6S.BrH/c1-30(2)14-16(24)10-11-17(20(26)27)22-19(25)18-9-6-12-23(18)21(28)29-13-15-7-4-3-5-8-15;/h3-5,7-8,17-18H,6,9-14H2,1-2H3,(H-,22,25,26,27);1H. The maximum Gasteiger partial charge on any atom is 0.410 e. The highest BCUT2D eigenvalue weighted by Gasteiger charge is 2.36. The molecule has 2 rings (SSSR count). The van der Waals surface area contributed by atoms with E-state index >= 15 is 0 Å². The molecule has 1 fully saturated rings. The topological polar surface area (TPSA) is 113 Å². The minimum Gasteiger partial charge on any atom is -1.00 e. The van der Waals surface area contributed by atoms with E-state index in [1.54, 1.807) is 0 Å². The number of ketones is 1. The molecule has 1 saturated heterocycles. The molecular weight excluding hydrogens is 488 g/mol. The molecule has 1 aliphatic heterocycles. The second kappa shape index (κ2) is 13.4. The average Bonchev–Trinajstić information content (AvgIpc) is 3.19. The van der Waals surface area contributed by atoms with Crippen LogP contribution in [0, 0.1) is 0 Å². The molecule has 2 amide bonds. The predicted molar refractivity (Wildman–Crippen MR) is 114 cm³/mol. The van der Waals surface area contributed by atoms with Gasteiger partial charge in [0.2, 0.25) is 5.91 Å². The number of hydrogen-bond acceptors (Lipinski definition) is 5. The van der Waals surface area contributed by atoms with E-state index in [-0.39, 0.29) is 53.1 Å². The van der Waals surface area contributed by atoms with Crippen LogP contribution in [0.15, 0.2) is 30.3 Å². The van der Waals surface area contributed by atoms with Gasteiger partial charge in [0.25, 0.3) is 0 Å². The second-order valence-electron chi connectivity index (χ2n) is 7.50. The van der Waals surface area contributed by atoms with Crippen LogP contribution in [-0.4, -0.2) is 70.7 Å². The SMILES string of the molecule is C[S+](C)CC(=O)CCC(NC(=O)C1CCCN1C(=O)OCc1ccccc1)C(=O)O.[Br-]. The fourth-order valence-electron chi connectivity index (χ4n) is 3.28. The van der Waals surface area contributed by atoms with Crippen LogP contribution >= 0.6 is 0 Å². The zero-order chi connectivity index (χ0) is 22.1. The molecule has 0 radical (unpaired) electrons. The van der Waals surface area contributed by atoms with Gasteiger partial charge in [-0.2, -0.15) is 0 Å². The summed E-state index contributed by atoms with van der Waals surface area (Å²) in [6, 6.07) is 7.27. The summed E-state index contributed by atoms with van der Waals surface area (Å²) in [5, 5.41) is 11.9. The Balaban J connectivity index is 0.00000480. The number of nitrogens with zero attached hydrogens (tertiary/aromatic N) is 1. The van der Waals surface area contributed by atoms with Crippen molar-refractivity contribution >= 4 is 34.6 Å². The van der Waals surface area contributed by atoms with Gasteiger partial charge in [0, 0.05) is 13.0 Å². The maximum absolute atomic E-state index is 12.7. The summed E-state index contributed by atoms with van der Waals surface area (Å²) in [4.78, 5) is 49.8. The quantitative estimate of drug-likeness (QED) is 0.369. The number of benzene rings is 1. The van der Waals surface area contributed by atoms with Crippen molar-refractivity contribution < 1.29 is 46.0 Å². The van der Waals surface area contributed by atoms with Gasteiger partial charge in [0.05, 0.1) is 12.5 Å². The number of halogens is 1. The van der Waals surface area contributed by atoms with E-state index in [2.05, 4.69) is 5.32 Å². The van der Waals surface area contributed by atoms with Gasteiger partial charge in [-0.15, -0.1) is 0 Å². The maximum atomic E-state index is 12.7. The number of carbonyl (C=O) groups excluding carboxylic acids is 3. The summed E-state index contributed by atoms with van der Waals surface area (Å²) < 4.78 is 5.31. The zero-order valence-corrected chi connectivity index (χ0v) is 20.1. The van der Waals surface area contributed by atoms with Gasteiger partial charge in [-0.05, 0) is 35.7 Å². The van der Waals surface area contributed by atoms with Crippen molar-refractivity contribution in [1.82, 2.24) is 10.2 Å². The van der Waals surface area contributed by atoms with Crippen LogP contribution in [-0.2, 0) is 36.6 Å². The molecule has 2 unspecified atom stereocenters. The van der Waals surface area contributed by atoms with Crippen molar-refractivity contribution in [2.24, 2.45) is 0 Å². The lowest BCUT2D eigenvalue weighted by Gasteiger charge is -2.25. The molecular formula is C21H29BrN2O6S. The normalized spacial score (nSPS) is 16.4. The fraction of sp³-hybridized carbons (Fsp3) is 0.524. The monoisotopic (exact) mass is 516 g/mol. The van der Waals surface area contributed by atoms with Crippen LogP contribution in [0.2, 0.25) is 0 Å². The third kappa shape index (κ3) is 8.90. The number of carboxylic acids is 1. The summed E-state index contributed by atoms with van der Waals surface area (Å²) >= 11 is 0. The molecule has 0 bridgehead atoms. The Morgan fingerprint density at radius 3 is 2.52 bits per heavy atom. The number of hydrogen-bond donors (Lipinski definition) is 2. The molecule has 1 aromatic rings. The molecule has 1 heterocycles. The van der Waals surface area contributed by atoms with Crippen LogP contribution in [0.3, 0.4) is 0 Å². The lowest BCUT2D eigenvalue weighted by atomic mass is 10.1. The summed E-state index contributed by atoms with van der Waals surface area (Å²) in [7, 11) is -0.0522. The van der Waals surface area contributed by atoms with Crippen molar-refractivity contribution in [3.05, 3.63) is 35.9 Å². The van der Waals surface area contributed by atoms with E-state index < -0.39 is 30.1 Å². The second-order valence-corrected chi connectivity index (χ2v) is 9.76. The van der Waals surface area contributed by atoms with Crippen molar-refractivity contribution in [2.45, 2.75) is 44.4 Å². The van der Waals surface area contributed by atoms with Crippen molar-refractivity contribution in [3.63, 3.8) is 0 Å². The number of carboxylic acid groups (broad SMARTS) is 1. The highest BCUT2D eigenvalue weighted by atomic mass is 79.9. The molecule has 10 heteroatoms. The molecule has 0 saturated carbocycles. The third-order valence-electron chi connectivity index (χ3n) is 4.77. The first-order valence-electron chi connectivity index (χ1n) is 9.84.